The van der Waals surface area contributed by atoms with Crippen molar-refractivity contribution in [2.45, 2.75) is 0 Å². The molecule has 0 spiro atoms. The summed E-state index contributed by atoms with van der Waals surface area (Å²) in [5.74, 6) is 8.00. The molecule has 0 saturated carbocycles. The standard InChI is InChI=1S/H4N2.Na.H2O.H/c1-2;;;/h1-2H2;;1H2;. The second-order valence-electron chi connectivity index (χ2n) is 0. The SMILES string of the molecule is NN.O.[NaH]. The Balaban J connectivity index is -0.00000000500. The van der Waals surface area contributed by atoms with Crippen LogP contribution in [0.5, 0.6) is 0 Å². The van der Waals surface area contributed by atoms with Crippen molar-refractivity contribution < 1.29 is 5.48 Å². The monoisotopic (exact) mass is 74.0 g/mol. The molecule has 0 aromatic carbocycles. The van der Waals surface area contributed by atoms with Crippen molar-refractivity contribution in [2.24, 2.45) is 11.7 Å². The first-order valence-electron chi connectivity index (χ1n) is 0.333. The van der Waals surface area contributed by atoms with Crippen LogP contribution in [0.1, 0.15) is 0 Å². The van der Waals surface area contributed by atoms with E-state index in [1.807, 2.05) is 0 Å². The third-order valence-electron chi connectivity index (χ3n) is 0. The second kappa shape index (κ2) is 41.6. The van der Waals surface area contributed by atoms with Crippen molar-refractivity contribution in [3.8, 4) is 0 Å². The van der Waals surface area contributed by atoms with Crippen LogP contribution in [0.25, 0.3) is 0 Å². The number of hydrogen-bond donors (Lipinski definition) is 2. The van der Waals surface area contributed by atoms with E-state index in [1.54, 1.807) is 0 Å². The summed E-state index contributed by atoms with van der Waals surface area (Å²) >= 11 is 0. The van der Waals surface area contributed by atoms with Gasteiger partial charge in [-0.05, 0) is 0 Å². The van der Waals surface area contributed by atoms with Crippen LogP contribution in [0.15, 0.2) is 0 Å². The summed E-state index contributed by atoms with van der Waals surface area (Å²) in [4.78, 5) is 0. The molecule has 0 unspecified atom stereocenters. The van der Waals surface area contributed by atoms with Gasteiger partial charge in [0.1, 0.15) is 0 Å². The topological polar surface area (TPSA) is 83.5 Å². The molecule has 3 nitrogen and oxygen atoms in total. The number of hydrazine groups is 1. The van der Waals surface area contributed by atoms with Gasteiger partial charge in [-0.3, -0.25) is 11.7 Å². The third-order valence-corrected chi connectivity index (χ3v) is 0. The van der Waals surface area contributed by atoms with E-state index in [0.717, 1.165) is 0 Å². The molecule has 0 aliphatic rings. The van der Waals surface area contributed by atoms with Crippen LogP contribution in [0.2, 0.25) is 0 Å². The van der Waals surface area contributed by atoms with E-state index < -0.39 is 0 Å². The third kappa shape index (κ3) is 13.1. The van der Waals surface area contributed by atoms with Gasteiger partial charge >= 0.3 is 29.6 Å². The fourth-order valence-electron chi connectivity index (χ4n) is 0. The number of rotatable bonds is 0. The Morgan fingerprint density at radius 3 is 1.00 bits per heavy atom. The molecule has 4 heteroatoms. The molecule has 4 heavy (non-hydrogen) atoms. The molecule has 0 heterocycles. The van der Waals surface area contributed by atoms with Crippen molar-refractivity contribution in [1.82, 2.24) is 0 Å². The molecule has 0 atom stereocenters. The average molecular weight is 74.1 g/mol. The Labute approximate surface area is 46.9 Å². The van der Waals surface area contributed by atoms with Crippen LogP contribution in [0.4, 0.5) is 0 Å². The van der Waals surface area contributed by atoms with Crippen molar-refractivity contribution in [2.75, 3.05) is 0 Å². The first-order valence-corrected chi connectivity index (χ1v) is 0.333. The molecule has 0 fully saturated rings. The van der Waals surface area contributed by atoms with Gasteiger partial charge in [0, 0.05) is 0 Å². The van der Waals surface area contributed by atoms with Crippen LogP contribution in [0.3, 0.4) is 0 Å². The maximum atomic E-state index is 4.00. The zero-order valence-corrected chi connectivity index (χ0v) is 1.65. The fraction of sp³-hybridized carbons (Fsp3) is 0. The summed E-state index contributed by atoms with van der Waals surface area (Å²) in [6.07, 6.45) is 0. The first kappa shape index (κ1) is 20.8. The van der Waals surface area contributed by atoms with Crippen LogP contribution < -0.4 is 11.7 Å². The molecule has 0 aliphatic heterocycles. The summed E-state index contributed by atoms with van der Waals surface area (Å²) in [6.45, 7) is 0. The van der Waals surface area contributed by atoms with Crippen LogP contribution in [-0.2, 0) is 0 Å². The number of hydrogen-bond acceptors (Lipinski definition) is 2. The van der Waals surface area contributed by atoms with E-state index in [1.165, 1.54) is 0 Å². The summed E-state index contributed by atoms with van der Waals surface area (Å²) in [5, 5.41) is 0. The Morgan fingerprint density at radius 2 is 1.00 bits per heavy atom. The van der Waals surface area contributed by atoms with Gasteiger partial charge in [-0.1, -0.05) is 0 Å². The zero-order valence-electron chi connectivity index (χ0n) is 1.65. The maximum absolute atomic E-state index is 4.00. The molecule has 0 aliphatic carbocycles. The van der Waals surface area contributed by atoms with Crippen molar-refractivity contribution in [1.29, 1.82) is 0 Å². The quantitative estimate of drug-likeness (QED) is 0.187. The molecule has 0 radical (unpaired) electrons. The Morgan fingerprint density at radius 1 is 1.00 bits per heavy atom. The first-order chi connectivity index (χ1) is 1.00. The normalized spacial score (nSPS) is 1.50. The number of nitrogens with two attached hydrogens (primary N) is 2. The molecule has 0 amide bonds. The molecular formula is H7N2NaO. The van der Waals surface area contributed by atoms with Gasteiger partial charge in [0.15, 0.2) is 0 Å². The van der Waals surface area contributed by atoms with Crippen LogP contribution in [-0.4, -0.2) is 35.0 Å². The van der Waals surface area contributed by atoms with E-state index in [4.69, 9.17) is 0 Å². The van der Waals surface area contributed by atoms with E-state index in [-0.39, 0.29) is 35.0 Å². The van der Waals surface area contributed by atoms with Gasteiger partial charge in [0.05, 0.1) is 0 Å². The van der Waals surface area contributed by atoms with E-state index in [0.29, 0.717) is 0 Å². The van der Waals surface area contributed by atoms with Gasteiger partial charge < -0.3 is 5.48 Å². The van der Waals surface area contributed by atoms with Gasteiger partial charge in [-0.15, -0.1) is 0 Å². The van der Waals surface area contributed by atoms with Crippen molar-refractivity contribution in [3.05, 3.63) is 0 Å². The summed E-state index contributed by atoms with van der Waals surface area (Å²) < 4.78 is 0. The van der Waals surface area contributed by atoms with Gasteiger partial charge in [0.2, 0.25) is 0 Å². The minimum absolute atomic E-state index is 0. The van der Waals surface area contributed by atoms with E-state index in [2.05, 4.69) is 11.7 Å². The van der Waals surface area contributed by atoms with Crippen molar-refractivity contribution >= 4 is 29.6 Å². The molecule has 0 saturated heterocycles. The van der Waals surface area contributed by atoms with E-state index in [9.17, 15) is 0 Å². The summed E-state index contributed by atoms with van der Waals surface area (Å²) in [5.41, 5.74) is 0. The van der Waals surface area contributed by atoms with Gasteiger partial charge in [-0.2, -0.15) is 0 Å². The van der Waals surface area contributed by atoms with Gasteiger partial charge in [0.25, 0.3) is 0 Å². The molecule has 24 valence electrons. The van der Waals surface area contributed by atoms with Crippen molar-refractivity contribution in [3.63, 3.8) is 0 Å². The Kier molecular flexibility index (Phi) is 216. The molecule has 6 N–H and O–H groups in total. The molecule has 0 aromatic rings. The predicted molar refractivity (Wildman–Crippen MR) is 19.1 cm³/mol. The molecule has 0 bridgehead atoms. The molecule has 0 aromatic heterocycles. The predicted octanol–water partition coefficient (Wildman–Crippen LogP) is -2.65. The van der Waals surface area contributed by atoms with Gasteiger partial charge in [-0.25, -0.2) is 0 Å². The zero-order chi connectivity index (χ0) is 2.00. The average Bonchev–Trinajstić information content (AvgIpc) is 1.00. The summed E-state index contributed by atoms with van der Waals surface area (Å²) in [7, 11) is 0. The molecular weight excluding hydrogens is 67.0 g/mol. The Bertz CT molecular complexity index is 6.00. The van der Waals surface area contributed by atoms with E-state index >= 15 is 0 Å². The second-order valence-corrected chi connectivity index (χ2v) is 0. The van der Waals surface area contributed by atoms with Crippen LogP contribution >= 0.6 is 0 Å². The Hall–Kier alpha value is 0.880. The summed E-state index contributed by atoms with van der Waals surface area (Å²) in [6, 6.07) is 0. The fourth-order valence-corrected chi connectivity index (χ4v) is 0. The molecule has 0 rings (SSSR count). The van der Waals surface area contributed by atoms with Crippen LogP contribution in [0, 0.1) is 0 Å². The minimum atomic E-state index is 0.